The van der Waals surface area contributed by atoms with E-state index in [9.17, 15) is 4.79 Å². The molecule has 1 atom stereocenters. The molecule has 4 nitrogen and oxygen atoms in total. The predicted molar refractivity (Wildman–Crippen MR) is 96.6 cm³/mol. The Balaban J connectivity index is 1.74. The van der Waals surface area contributed by atoms with E-state index in [1.165, 1.54) is 7.11 Å². The lowest BCUT2D eigenvalue weighted by atomic mass is 10.1. The van der Waals surface area contributed by atoms with Crippen LogP contribution >= 0.6 is 0 Å². The van der Waals surface area contributed by atoms with Crippen LogP contribution in [0, 0.1) is 11.8 Å². The average molecular weight is 338 g/mol. The van der Waals surface area contributed by atoms with Crippen LogP contribution in [0.1, 0.15) is 24.0 Å². The summed E-state index contributed by atoms with van der Waals surface area (Å²) < 4.78 is 10.6. The molecule has 2 aromatic rings. The Morgan fingerprint density at radius 1 is 1.12 bits per heavy atom. The van der Waals surface area contributed by atoms with Gasteiger partial charge >= 0.3 is 5.97 Å². The Labute approximate surface area is 148 Å². The van der Waals surface area contributed by atoms with Crippen LogP contribution in [-0.4, -0.2) is 30.9 Å². The zero-order valence-electron chi connectivity index (χ0n) is 14.3. The molecule has 0 aliphatic carbocycles. The van der Waals surface area contributed by atoms with Crippen LogP contribution in [0.3, 0.4) is 0 Å². The fraction of sp³-hybridized carbons (Fsp3) is 0.286. The molecule has 1 N–H and O–H groups in total. The number of hydrogen-bond acceptors (Lipinski definition) is 3. The van der Waals surface area contributed by atoms with Crippen LogP contribution in [0.4, 0.5) is 0 Å². The average Bonchev–Trinajstić information content (AvgIpc) is 2.64. The van der Waals surface area contributed by atoms with Crippen LogP contribution in [0.5, 0.6) is 5.75 Å². The summed E-state index contributed by atoms with van der Waals surface area (Å²) in [6.07, 6.45) is 1.16. The van der Waals surface area contributed by atoms with Crippen molar-refractivity contribution >= 4 is 5.97 Å². The number of rotatable bonds is 8. The summed E-state index contributed by atoms with van der Waals surface area (Å²) in [5.41, 5.74) is 1.83. The number of ether oxygens (including phenoxy) is 2. The Kier molecular flexibility index (Phi) is 7.55. The van der Waals surface area contributed by atoms with E-state index in [0.29, 0.717) is 13.0 Å². The number of para-hydroxylation sites is 1. The minimum atomic E-state index is -0.955. The zero-order chi connectivity index (χ0) is 17.9. The molecule has 0 spiro atoms. The first-order chi connectivity index (χ1) is 12.2. The molecule has 0 heterocycles. The lowest BCUT2D eigenvalue weighted by Crippen LogP contribution is -2.24. The monoisotopic (exact) mass is 338 g/mol. The van der Waals surface area contributed by atoms with Crippen LogP contribution < -0.4 is 4.74 Å². The molecule has 0 saturated heterocycles. The molecule has 0 saturated carbocycles. The zero-order valence-corrected chi connectivity index (χ0v) is 14.3. The van der Waals surface area contributed by atoms with E-state index >= 15 is 0 Å². The van der Waals surface area contributed by atoms with E-state index in [-0.39, 0.29) is 0 Å². The summed E-state index contributed by atoms with van der Waals surface area (Å²) in [5, 5.41) is 8.99. The molecular formula is C21H22O4. The Bertz CT molecular complexity index is 711. The van der Waals surface area contributed by atoms with Crippen molar-refractivity contribution in [1.82, 2.24) is 0 Å². The molecule has 25 heavy (non-hydrogen) atoms. The van der Waals surface area contributed by atoms with Crippen molar-refractivity contribution < 1.29 is 19.4 Å². The summed E-state index contributed by atoms with van der Waals surface area (Å²) >= 11 is 0. The number of unbranched alkanes of at least 4 members (excludes halogenated alkanes) is 1. The Morgan fingerprint density at radius 2 is 1.84 bits per heavy atom. The first-order valence-corrected chi connectivity index (χ1v) is 8.20. The van der Waals surface area contributed by atoms with Crippen molar-refractivity contribution in [2.75, 3.05) is 13.7 Å². The highest BCUT2D eigenvalue weighted by Crippen LogP contribution is 2.10. The molecule has 2 aromatic carbocycles. The molecule has 4 heteroatoms. The van der Waals surface area contributed by atoms with Gasteiger partial charge in [0.25, 0.3) is 0 Å². The Hall–Kier alpha value is -2.77. The van der Waals surface area contributed by atoms with Crippen molar-refractivity contribution in [2.45, 2.75) is 25.4 Å². The van der Waals surface area contributed by atoms with Gasteiger partial charge in [-0.1, -0.05) is 42.2 Å². The van der Waals surface area contributed by atoms with E-state index < -0.39 is 12.1 Å². The minimum absolute atomic E-state index is 0.344. The number of benzene rings is 2. The van der Waals surface area contributed by atoms with Gasteiger partial charge in [-0.3, -0.25) is 0 Å². The molecule has 0 aliphatic heterocycles. The summed E-state index contributed by atoms with van der Waals surface area (Å²) in [6, 6.07) is 17.3. The predicted octanol–water partition coefficient (Wildman–Crippen LogP) is 3.54. The molecular weight excluding hydrogens is 316 g/mol. The fourth-order valence-electron chi connectivity index (χ4n) is 2.24. The van der Waals surface area contributed by atoms with Crippen molar-refractivity contribution in [2.24, 2.45) is 0 Å². The van der Waals surface area contributed by atoms with Gasteiger partial charge in [0.2, 0.25) is 0 Å². The number of carboxylic acid groups (broad SMARTS) is 1. The van der Waals surface area contributed by atoms with Gasteiger partial charge in [-0.05, 0) is 36.2 Å². The topological polar surface area (TPSA) is 55.8 Å². The smallest absolute Gasteiger partial charge is 0.333 e. The molecule has 0 radical (unpaired) electrons. The highest BCUT2D eigenvalue weighted by atomic mass is 16.5. The van der Waals surface area contributed by atoms with E-state index in [1.807, 2.05) is 54.6 Å². The largest absolute Gasteiger partial charge is 0.494 e. The maximum Gasteiger partial charge on any atom is 0.333 e. The van der Waals surface area contributed by atoms with Gasteiger partial charge in [-0.25, -0.2) is 4.79 Å². The second-order valence-electron chi connectivity index (χ2n) is 5.53. The van der Waals surface area contributed by atoms with Crippen LogP contribution in [0.25, 0.3) is 0 Å². The molecule has 2 rings (SSSR count). The van der Waals surface area contributed by atoms with Gasteiger partial charge in [-0.2, -0.15) is 0 Å². The lowest BCUT2D eigenvalue weighted by molar-refractivity contribution is -0.148. The van der Waals surface area contributed by atoms with Gasteiger partial charge in [0, 0.05) is 25.5 Å². The van der Waals surface area contributed by atoms with E-state index in [4.69, 9.17) is 14.6 Å². The van der Waals surface area contributed by atoms with Crippen molar-refractivity contribution in [3.63, 3.8) is 0 Å². The number of methoxy groups -OCH3 is 1. The minimum Gasteiger partial charge on any atom is -0.494 e. The summed E-state index contributed by atoms with van der Waals surface area (Å²) in [4.78, 5) is 11.0. The van der Waals surface area contributed by atoms with Crippen molar-refractivity contribution in [3.8, 4) is 17.6 Å². The van der Waals surface area contributed by atoms with E-state index in [1.54, 1.807) is 0 Å². The summed E-state index contributed by atoms with van der Waals surface area (Å²) in [7, 11) is 1.40. The molecule has 0 fully saturated rings. The normalized spacial score (nSPS) is 11.2. The second kappa shape index (κ2) is 10.2. The van der Waals surface area contributed by atoms with E-state index in [2.05, 4.69) is 11.8 Å². The first kappa shape index (κ1) is 18.6. The van der Waals surface area contributed by atoms with E-state index in [0.717, 1.165) is 29.7 Å². The molecule has 0 aliphatic rings. The fourth-order valence-corrected chi connectivity index (χ4v) is 2.24. The summed E-state index contributed by atoms with van der Waals surface area (Å²) in [5.74, 6) is 6.16. The highest BCUT2D eigenvalue weighted by Gasteiger charge is 2.16. The van der Waals surface area contributed by atoms with Crippen molar-refractivity contribution in [1.29, 1.82) is 0 Å². The molecule has 0 bridgehead atoms. The number of hydrogen-bond donors (Lipinski definition) is 1. The molecule has 130 valence electrons. The third kappa shape index (κ3) is 6.70. The SMILES string of the molecule is COC(Cc1ccc(C#CCCCOc2ccccc2)cc1)C(=O)O. The van der Waals surface area contributed by atoms with Crippen molar-refractivity contribution in [3.05, 3.63) is 65.7 Å². The van der Waals surface area contributed by atoms with Gasteiger partial charge < -0.3 is 14.6 Å². The van der Waals surface area contributed by atoms with Gasteiger partial charge in [0.05, 0.1) is 6.61 Å². The highest BCUT2D eigenvalue weighted by molar-refractivity contribution is 5.72. The molecule has 1 unspecified atom stereocenters. The quantitative estimate of drug-likeness (QED) is 0.591. The molecule has 0 aromatic heterocycles. The third-order valence-corrected chi connectivity index (χ3v) is 3.63. The van der Waals surface area contributed by atoms with Gasteiger partial charge in [-0.15, -0.1) is 0 Å². The van der Waals surface area contributed by atoms with Gasteiger partial charge in [0.15, 0.2) is 6.10 Å². The standard InChI is InChI=1S/C21H22O4/c1-24-20(21(22)23)16-18-13-11-17(12-14-18)8-4-3-7-15-25-19-9-5-2-6-10-19/h2,5-6,9-14,20H,3,7,15-16H2,1H3,(H,22,23). The third-order valence-electron chi connectivity index (χ3n) is 3.63. The maximum absolute atomic E-state index is 11.0. The first-order valence-electron chi connectivity index (χ1n) is 8.20. The van der Waals surface area contributed by atoms with Gasteiger partial charge in [0.1, 0.15) is 5.75 Å². The molecule has 0 amide bonds. The number of aliphatic carboxylic acids is 1. The number of carboxylic acids is 1. The van der Waals surface area contributed by atoms with Crippen LogP contribution in [-0.2, 0) is 16.0 Å². The lowest BCUT2D eigenvalue weighted by Gasteiger charge is -2.09. The summed E-state index contributed by atoms with van der Waals surface area (Å²) in [6.45, 7) is 0.644. The maximum atomic E-state index is 11.0. The second-order valence-corrected chi connectivity index (χ2v) is 5.53. The van der Waals surface area contributed by atoms with Crippen LogP contribution in [0.15, 0.2) is 54.6 Å². The Morgan fingerprint density at radius 3 is 2.48 bits per heavy atom. The van der Waals surface area contributed by atoms with Crippen LogP contribution in [0.2, 0.25) is 0 Å². The number of carbonyl (C=O) groups is 1.